The van der Waals surface area contributed by atoms with Crippen LogP contribution in [0, 0.1) is 29.1 Å². The summed E-state index contributed by atoms with van der Waals surface area (Å²) >= 11 is 0. The van der Waals surface area contributed by atoms with Crippen molar-refractivity contribution in [3.05, 3.63) is 127 Å². The SMILES string of the molecule is c1ccc2c(c1)-c1cc(N(c3ccc4c(c3)oc3ccncc34)c3ccc4c(c3)oc3ccncc34)ccc1C21C2CC3CC4CC1C342. The zero-order valence-electron chi connectivity index (χ0n) is 26.1. The topological polar surface area (TPSA) is 55.3 Å². The van der Waals surface area contributed by atoms with Crippen LogP contribution >= 0.6 is 0 Å². The molecule has 0 N–H and O–H groups in total. The minimum Gasteiger partial charge on any atom is -0.456 e. The fraction of sp³-hybridized carbons (Fsp3) is 0.209. The average molecular weight is 620 g/mol. The number of benzene rings is 4. The quantitative estimate of drug-likeness (QED) is 0.197. The van der Waals surface area contributed by atoms with Crippen molar-refractivity contribution in [2.45, 2.75) is 24.7 Å². The van der Waals surface area contributed by atoms with Crippen LogP contribution in [-0.2, 0) is 5.41 Å². The van der Waals surface area contributed by atoms with Crippen LogP contribution in [0.2, 0.25) is 0 Å². The van der Waals surface area contributed by atoms with Crippen molar-refractivity contribution >= 4 is 60.9 Å². The van der Waals surface area contributed by atoms with Crippen LogP contribution in [0.15, 0.2) is 125 Å². The largest absolute Gasteiger partial charge is 0.456 e. The number of rotatable bonds is 3. The standard InChI is InChI=1S/C43H29N3O2/c1-2-4-34-28(3-1)31-18-25(7-10-35(31)43(34)40-16-23-15-24-17-41(43)42(23,24)40)46(26-5-8-29-32-21-44-13-11-36(32)47-38(29)19-26)27-6-9-30-33-22-45-14-12-37(33)48-39(30)20-27/h1-14,18-24,40-41H,15-17H2. The van der Waals surface area contributed by atoms with Crippen LogP contribution < -0.4 is 4.90 Å². The molecule has 5 aliphatic carbocycles. The number of aromatic nitrogens is 2. The normalized spacial score (nSPS) is 28.3. The monoisotopic (exact) mass is 619 g/mol. The van der Waals surface area contributed by atoms with E-state index in [2.05, 4.69) is 93.7 Å². The Morgan fingerprint density at radius 1 is 0.542 bits per heavy atom. The van der Waals surface area contributed by atoms with E-state index in [-0.39, 0.29) is 5.41 Å². The zero-order chi connectivity index (χ0) is 30.9. The van der Waals surface area contributed by atoms with Gasteiger partial charge < -0.3 is 13.7 Å². The van der Waals surface area contributed by atoms with Crippen molar-refractivity contribution in [1.82, 2.24) is 9.97 Å². The molecule has 5 aliphatic rings. The van der Waals surface area contributed by atoms with Crippen LogP contribution in [0.4, 0.5) is 17.1 Å². The first-order valence-electron chi connectivity index (χ1n) is 17.3. The van der Waals surface area contributed by atoms with Crippen molar-refractivity contribution in [3.8, 4) is 11.1 Å². The second-order valence-electron chi connectivity index (χ2n) is 15.0. The molecule has 5 nitrogen and oxygen atoms in total. The molecule has 0 radical (unpaired) electrons. The molecule has 4 unspecified atom stereocenters. The van der Waals surface area contributed by atoms with E-state index < -0.39 is 0 Å². The number of furan rings is 2. The van der Waals surface area contributed by atoms with Gasteiger partial charge in [-0.15, -0.1) is 0 Å². The van der Waals surface area contributed by atoms with Crippen LogP contribution in [0.3, 0.4) is 0 Å². The molecule has 4 aromatic carbocycles. The fourth-order valence-corrected chi connectivity index (χ4v) is 12.0. The second kappa shape index (κ2) is 7.99. The first-order chi connectivity index (χ1) is 23.7. The van der Waals surface area contributed by atoms with Crippen molar-refractivity contribution in [1.29, 1.82) is 0 Å². The highest BCUT2D eigenvalue weighted by atomic mass is 16.3. The Morgan fingerprint density at radius 3 is 1.77 bits per heavy atom. The Balaban J connectivity index is 1.03. The summed E-state index contributed by atoms with van der Waals surface area (Å²) < 4.78 is 12.7. The Bertz CT molecular complexity index is 2600. The molecule has 0 saturated heterocycles. The van der Waals surface area contributed by atoms with Crippen molar-refractivity contribution in [2.75, 3.05) is 4.90 Å². The van der Waals surface area contributed by atoms with Gasteiger partial charge in [-0.3, -0.25) is 9.97 Å². The number of fused-ring (bicyclic) bond motifs is 13. The molecule has 8 aromatic rings. The first-order valence-corrected chi connectivity index (χ1v) is 17.3. The summed E-state index contributed by atoms with van der Waals surface area (Å²) in [6, 6.07) is 33.6. The Kier molecular flexibility index (Phi) is 4.11. The summed E-state index contributed by atoms with van der Waals surface area (Å²) in [6.07, 6.45) is 11.7. The molecule has 48 heavy (non-hydrogen) atoms. The Morgan fingerprint density at radius 2 is 1.12 bits per heavy atom. The van der Waals surface area contributed by atoms with Crippen molar-refractivity contribution in [3.63, 3.8) is 0 Å². The lowest BCUT2D eigenvalue weighted by Crippen LogP contribution is -2.88. The Labute approximate surface area is 275 Å². The van der Waals surface area contributed by atoms with Crippen LogP contribution in [0.1, 0.15) is 30.4 Å². The molecular weight excluding hydrogens is 590 g/mol. The summed E-state index contributed by atoms with van der Waals surface area (Å²) in [5.74, 6) is 3.62. The van der Waals surface area contributed by atoms with Gasteiger partial charge in [0.2, 0.25) is 0 Å². The van der Waals surface area contributed by atoms with Gasteiger partial charge in [0.1, 0.15) is 22.3 Å². The van der Waals surface area contributed by atoms with E-state index in [4.69, 9.17) is 8.83 Å². The molecule has 5 heteroatoms. The third kappa shape index (κ3) is 2.53. The number of hydrogen-bond donors (Lipinski definition) is 0. The zero-order valence-corrected chi connectivity index (χ0v) is 26.1. The van der Waals surface area contributed by atoms with Gasteiger partial charge in [0.25, 0.3) is 0 Å². The number of nitrogens with zero attached hydrogens (tertiary/aromatic N) is 3. The summed E-state index contributed by atoms with van der Waals surface area (Å²) in [5.41, 5.74) is 13.5. The van der Waals surface area contributed by atoms with E-state index in [9.17, 15) is 0 Å². The molecule has 0 amide bonds. The summed E-state index contributed by atoms with van der Waals surface area (Å²) in [5, 5.41) is 4.20. The maximum atomic E-state index is 6.37. The van der Waals surface area contributed by atoms with Gasteiger partial charge in [-0.2, -0.15) is 0 Å². The molecule has 13 rings (SSSR count). The number of hydrogen-bond acceptors (Lipinski definition) is 5. The van der Waals surface area contributed by atoms with Gasteiger partial charge in [0.05, 0.1) is 0 Å². The van der Waals surface area contributed by atoms with E-state index in [1.54, 1.807) is 23.5 Å². The molecule has 4 fully saturated rings. The van der Waals surface area contributed by atoms with Gasteiger partial charge in [0.15, 0.2) is 0 Å². The van der Waals surface area contributed by atoms with Crippen LogP contribution in [0.25, 0.3) is 55.0 Å². The summed E-state index contributed by atoms with van der Waals surface area (Å²) in [6.45, 7) is 0. The maximum absolute atomic E-state index is 6.37. The third-order valence-electron chi connectivity index (χ3n) is 13.7. The number of pyridine rings is 2. The Hall–Kier alpha value is -5.42. The van der Waals surface area contributed by atoms with Gasteiger partial charge in [-0.25, -0.2) is 0 Å². The minimum atomic E-state index is 0.200. The molecule has 4 aromatic heterocycles. The van der Waals surface area contributed by atoms with E-state index in [0.717, 1.165) is 84.6 Å². The smallest absolute Gasteiger partial charge is 0.138 e. The second-order valence-corrected chi connectivity index (χ2v) is 15.0. The van der Waals surface area contributed by atoms with Gasteiger partial charge in [0, 0.05) is 80.9 Å². The van der Waals surface area contributed by atoms with Crippen LogP contribution in [0.5, 0.6) is 0 Å². The number of anilines is 3. The molecule has 0 aliphatic heterocycles. The van der Waals surface area contributed by atoms with E-state index >= 15 is 0 Å². The molecule has 228 valence electrons. The average Bonchev–Trinajstić information content (AvgIpc) is 3.74. The van der Waals surface area contributed by atoms with E-state index in [1.165, 1.54) is 30.4 Å². The predicted octanol–water partition coefficient (Wildman–Crippen LogP) is 10.7. The minimum absolute atomic E-state index is 0.200. The predicted molar refractivity (Wildman–Crippen MR) is 188 cm³/mol. The van der Waals surface area contributed by atoms with Gasteiger partial charge in [-0.05, 0) is 119 Å². The highest BCUT2D eigenvalue weighted by molar-refractivity contribution is 6.07. The fourth-order valence-electron chi connectivity index (χ4n) is 12.0. The highest BCUT2D eigenvalue weighted by Crippen LogP contribution is 2.94. The van der Waals surface area contributed by atoms with Gasteiger partial charge in [-0.1, -0.05) is 30.3 Å². The maximum Gasteiger partial charge on any atom is 0.138 e. The van der Waals surface area contributed by atoms with Crippen molar-refractivity contribution < 1.29 is 8.83 Å². The first kappa shape index (κ1) is 24.7. The lowest BCUT2D eigenvalue weighted by atomic mass is 9.11. The van der Waals surface area contributed by atoms with E-state index in [0.29, 0.717) is 5.41 Å². The lowest BCUT2D eigenvalue weighted by molar-refractivity contribution is -0.412. The molecular formula is C43H29N3O2. The van der Waals surface area contributed by atoms with Crippen molar-refractivity contribution in [2.24, 2.45) is 29.1 Å². The molecule has 0 bridgehead atoms. The third-order valence-corrected chi connectivity index (χ3v) is 13.7. The summed E-state index contributed by atoms with van der Waals surface area (Å²) in [4.78, 5) is 11.1. The van der Waals surface area contributed by atoms with Gasteiger partial charge >= 0.3 is 0 Å². The lowest BCUT2D eigenvalue weighted by Gasteiger charge is -2.92. The van der Waals surface area contributed by atoms with Crippen LogP contribution in [-0.4, -0.2) is 9.97 Å². The molecule has 4 atom stereocenters. The molecule has 2 spiro atoms. The molecule has 4 heterocycles. The molecule has 4 saturated carbocycles. The van der Waals surface area contributed by atoms with E-state index in [1.807, 2.05) is 24.5 Å². The highest BCUT2D eigenvalue weighted by Gasteiger charge is 2.90. The summed E-state index contributed by atoms with van der Waals surface area (Å²) in [7, 11) is 0.